The predicted molar refractivity (Wildman–Crippen MR) is 81.5 cm³/mol. The first-order valence-corrected chi connectivity index (χ1v) is 7.52. The molecule has 124 valence electrons. The van der Waals surface area contributed by atoms with E-state index in [0.717, 1.165) is 0 Å². The molecule has 7 heteroatoms. The number of hydrogen-bond acceptors (Lipinski definition) is 3. The van der Waals surface area contributed by atoms with E-state index in [9.17, 15) is 18.0 Å². The lowest BCUT2D eigenvalue weighted by molar-refractivity contribution is -0.187. The van der Waals surface area contributed by atoms with Gasteiger partial charge in [-0.15, -0.1) is 0 Å². The third-order valence-electron chi connectivity index (χ3n) is 4.20. The number of carbonyl (C=O) groups is 1. The molecule has 1 aromatic heterocycles. The minimum atomic E-state index is -4.40. The number of alkyl halides is 3. The lowest BCUT2D eigenvalue weighted by Gasteiger charge is -2.35. The van der Waals surface area contributed by atoms with Gasteiger partial charge >= 0.3 is 6.18 Å². The summed E-state index contributed by atoms with van der Waals surface area (Å²) in [6.07, 6.45) is -3.06. The van der Waals surface area contributed by atoms with Gasteiger partial charge in [0.15, 0.2) is 0 Å². The summed E-state index contributed by atoms with van der Waals surface area (Å²) in [6, 6.07) is 5.03. The van der Waals surface area contributed by atoms with Crippen molar-refractivity contribution in [1.82, 2.24) is 14.8 Å². The van der Waals surface area contributed by atoms with E-state index in [0.29, 0.717) is 37.1 Å². The topological polar surface area (TPSA) is 37.3 Å². The van der Waals surface area contributed by atoms with Crippen molar-refractivity contribution < 1.29 is 18.0 Å². The number of carbonyl (C=O) groups excluding carboxylic acids is 1. The van der Waals surface area contributed by atoms with Gasteiger partial charge in [-0.3, -0.25) is 14.3 Å². The van der Waals surface area contributed by atoms with E-state index in [-0.39, 0.29) is 11.5 Å². The SMILES string of the molecule is CC(=O)n1cc([C@@H](N2CCNCC2)C(F)(F)F)c2ccccc21. The zero-order valence-electron chi connectivity index (χ0n) is 12.7. The molecule has 2 heterocycles. The molecule has 1 fully saturated rings. The van der Waals surface area contributed by atoms with Gasteiger partial charge in [-0.1, -0.05) is 18.2 Å². The van der Waals surface area contributed by atoms with Crippen LogP contribution in [0, 0.1) is 0 Å². The average Bonchev–Trinajstić information content (AvgIpc) is 2.87. The Morgan fingerprint density at radius 2 is 1.87 bits per heavy atom. The van der Waals surface area contributed by atoms with Gasteiger partial charge in [0, 0.05) is 50.2 Å². The largest absolute Gasteiger partial charge is 0.408 e. The average molecular weight is 325 g/mol. The minimum Gasteiger partial charge on any atom is -0.314 e. The smallest absolute Gasteiger partial charge is 0.314 e. The molecule has 0 bridgehead atoms. The summed E-state index contributed by atoms with van der Waals surface area (Å²) in [5.41, 5.74) is 0.657. The van der Waals surface area contributed by atoms with Crippen LogP contribution < -0.4 is 5.32 Å². The monoisotopic (exact) mass is 325 g/mol. The van der Waals surface area contributed by atoms with Crippen LogP contribution in [0.5, 0.6) is 0 Å². The first kappa shape index (κ1) is 16.0. The Morgan fingerprint density at radius 1 is 1.22 bits per heavy atom. The van der Waals surface area contributed by atoms with Crippen LogP contribution in [0.1, 0.15) is 23.3 Å². The summed E-state index contributed by atoms with van der Waals surface area (Å²) in [4.78, 5) is 13.2. The molecule has 0 spiro atoms. The van der Waals surface area contributed by atoms with E-state index < -0.39 is 12.2 Å². The molecule has 1 aromatic carbocycles. The lowest BCUT2D eigenvalue weighted by atomic mass is 10.0. The van der Waals surface area contributed by atoms with Gasteiger partial charge < -0.3 is 5.32 Å². The van der Waals surface area contributed by atoms with Gasteiger partial charge in [0.05, 0.1) is 5.52 Å². The van der Waals surface area contributed by atoms with Gasteiger partial charge in [-0.25, -0.2) is 0 Å². The van der Waals surface area contributed by atoms with Gasteiger partial charge in [0.1, 0.15) is 6.04 Å². The summed E-state index contributed by atoms with van der Waals surface area (Å²) in [5.74, 6) is -0.298. The summed E-state index contributed by atoms with van der Waals surface area (Å²) in [5, 5.41) is 3.54. The second kappa shape index (κ2) is 5.98. The number of rotatable bonds is 2. The number of benzene rings is 1. The van der Waals surface area contributed by atoms with Crippen LogP contribution in [0.2, 0.25) is 0 Å². The molecule has 2 aromatic rings. The fourth-order valence-electron chi connectivity index (χ4n) is 3.20. The standard InChI is InChI=1S/C16H18F3N3O/c1-11(23)22-10-13(12-4-2-3-5-14(12)22)15(16(17,18)19)21-8-6-20-7-9-21/h2-5,10,15,20H,6-9H2,1H3/t15-/m1/s1. The summed E-state index contributed by atoms with van der Waals surface area (Å²) >= 11 is 0. The van der Waals surface area contributed by atoms with E-state index in [1.807, 2.05) is 0 Å². The van der Waals surface area contributed by atoms with E-state index >= 15 is 0 Å². The third kappa shape index (κ3) is 2.98. The molecular formula is C16H18F3N3O. The fraction of sp³-hybridized carbons (Fsp3) is 0.438. The highest BCUT2D eigenvalue weighted by Crippen LogP contribution is 2.41. The molecule has 1 saturated heterocycles. The summed E-state index contributed by atoms with van der Waals surface area (Å²) in [7, 11) is 0. The highest BCUT2D eigenvalue weighted by molar-refractivity contribution is 5.93. The van der Waals surface area contributed by atoms with Gasteiger partial charge in [-0.2, -0.15) is 13.2 Å². The van der Waals surface area contributed by atoms with E-state index in [1.54, 1.807) is 24.3 Å². The van der Waals surface area contributed by atoms with Crippen LogP contribution in [-0.2, 0) is 0 Å². The maximum absolute atomic E-state index is 13.8. The Bertz CT molecular complexity index is 717. The van der Waals surface area contributed by atoms with Crippen molar-refractivity contribution in [2.24, 2.45) is 0 Å². The zero-order chi connectivity index (χ0) is 16.6. The molecule has 0 amide bonds. The third-order valence-corrected chi connectivity index (χ3v) is 4.20. The molecule has 1 aliphatic heterocycles. The maximum atomic E-state index is 13.8. The molecule has 4 nitrogen and oxygen atoms in total. The number of piperazine rings is 1. The van der Waals surface area contributed by atoms with Gasteiger partial charge in [0.25, 0.3) is 0 Å². The van der Waals surface area contributed by atoms with Crippen LogP contribution in [0.25, 0.3) is 10.9 Å². The lowest BCUT2D eigenvalue weighted by Crippen LogP contribution is -2.49. The molecule has 0 saturated carbocycles. The number of hydrogen-bond donors (Lipinski definition) is 1. The van der Waals surface area contributed by atoms with Gasteiger partial charge in [-0.05, 0) is 6.07 Å². The molecule has 3 rings (SSSR count). The van der Waals surface area contributed by atoms with Crippen molar-refractivity contribution in [3.63, 3.8) is 0 Å². The minimum absolute atomic E-state index is 0.144. The van der Waals surface area contributed by atoms with Crippen molar-refractivity contribution >= 4 is 16.8 Å². The van der Waals surface area contributed by atoms with Gasteiger partial charge in [0.2, 0.25) is 5.91 Å². The normalized spacial score (nSPS) is 18.3. The zero-order valence-corrected chi connectivity index (χ0v) is 12.7. The predicted octanol–water partition coefficient (Wildman–Crippen LogP) is 2.81. The fourth-order valence-corrected chi connectivity index (χ4v) is 3.20. The van der Waals surface area contributed by atoms with Crippen LogP contribution in [-0.4, -0.2) is 47.7 Å². The number of nitrogens with zero attached hydrogens (tertiary/aromatic N) is 2. The number of halogens is 3. The molecular weight excluding hydrogens is 307 g/mol. The van der Waals surface area contributed by atoms with Crippen molar-refractivity contribution in [2.45, 2.75) is 19.1 Å². The second-order valence-corrected chi connectivity index (χ2v) is 5.72. The first-order valence-electron chi connectivity index (χ1n) is 7.52. The maximum Gasteiger partial charge on any atom is 0.408 e. The van der Waals surface area contributed by atoms with Crippen molar-refractivity contribution in [2.75, 3.05) is 26.2 Å². The Balaban J connectivity index is 2.16. The van der Waals surface area contributed by atoms with E-state index in [4.69, 9.17) is 0 Å². The number of aromatic nitrogens is 1. The number of nitrogens with one attached hydrogen (secondary N) is 1. The van der Waals surface area contributed by atoms with E-state index in [1.165, 1.54) is 22.6 Å². The molecule has 0 unspecified atom stereocenters. The Hall–Kier alpha value is -1.86. The van der Waals surface area contributed by atoms with Crippen molar-refractivity contribution in [1.29, 1.82) is 0 Å². The second-order valence-electron chi connectivity index (χ2n) is 5.72. The van der Waals surface area contributed by atoms with Crippen LogP contribution in [0.3, 0.4) is 0 Å². The molecule has 0 aliphatic carbocycles. The molecule has 1 aliphatic rings. The highest BCUT2D eigenvalue weighted by Gasteiger charge is 2.46. The van der Waals surface area contributed by atoms with Crippen molar-refractivity contribution in [3.8, 4) is 0 Å². The Labute approximate surface area is 131 Å². The molecule has 23 heavy (non-hydrogen) atoms. The number of para-hydroxylation sites is 1. The highest BCUT2D eigenvalue weighted by atomic mass is 19.4. The van der Waals surface area contributed by atoms with Crippen molar-refractivity contribution in [3.05, 3.63) is 36.0 Å². The Kier molecular flexibility index (Phi) is 4.16. The Morgan fingerprint density at radius 3 is 2.48 bits per heavy atom. The quantitative estimate of drug-likeness (QED) is 0.922. The summed E-state index contributed by atoms with van der Waals surface area (Å²) in [6.45, 7) is 3.05. The van der Waals surface area contributed by atoms with Crippen LogP contribution >= 0.6 is 0 Å². The number of fused-ring (bicyclic) bond motifs is 1. The molecule has 1 N–H and O–H groups in total. The molecule has 0 radical (unpaired) electrons. The van der Waals surface area contributed by atoms with Crippen LogP contribution in [0.15, 0.2) is 30.5 Å². The molecule has 1 atom stereocenters. The van der Waals surface area contributed by atoms with Crippen LogP contribution in [0.4, 0.5) is 13.2 Å². The summed E-state index contributed by atoms with van der Waals surface area (Å²) < 4.78 is 42.6. The first-order chi connectivity index (χ1) is 10.9. The van der Waals surface area contributed by atoms with E-state index in [2.05, 4.69) is 5.32 Å².